The first kappa shape index (κ1) is 18.6. The van der Waals surface area contributed by atoms with E-state index >= 15 is 0 Å². The van der Waals surface area contributed by atoms with Crippen LogP contribution in [0, 0.1) is 0 Å². The molecule has 144 valence electrons. The molecular weight excluding hydrogens is 436 g/mol. The molecule has 0 fully saturated rings. The summed E-state index contributed by atoms with van der Waals surface area (Å²) in [5, 5.41) is 4.86. The van der Waals surface area contributed by atoms with Gasteiger partial charge < -0.3 is 18.9 Å². The summed E-state index contributed by atoms with van der Waals surface area (Å²) in [5.74, 6) is 1.52. The van der Waals surface area contributed by atoms with E-state index in [-0.39, 0.29) is 12.2 Å². The third-order valence-corrected chi connectivity index (χ3v) is 5.37. The molecule has 0 N–H and O–H groups in total. The Kier molecular flexibility index (Phi) is 4.63. The number of carbonyl (C=O) groups is 1. The summed E-state index contributed by atoms with van der Waals surface area (Å²) in [6.45, 7) is 6.50. The van der Waals surface area contributed by atoms with Crippen LogP contribution in [0.3, 0.4) is 0 Å². The molecule has 1 atom stereocenters. The highest BCUT2D eigenvalue weighted by Gasteiger charge is 2.36. The van der Waals surface area contributed by atoms with Gasteiger partial charge in [-0.25, -0.2) is 4.79 Å². The number of benzene rings is 1. The molecule has 1 amide bonds. The summed E-state index contributed by atoms with van der Waals surface area (Å²) in [6.07, 6.45) is 0.761. The number of nitrogens with zero attached hydrogens (tertiary/aromatic N) is 2. The maximum absolute atomic E-state index is 12.3. The fourth-order valence-corrected chi connectivity index (χ4v) is 4.38. The lowest BCUT2D eigenvalue weighted by atomic mass is 10.00. The molecule has 2 aliphatic rings. The molecule has 1 aromatic heterocycles. The van der Waals surface area contributed by atoms with Gasteiger partial charge >= 0.3 is 6.09 Å². The molecule has 3 heterocycles. The molecule has 0 saturated carbocycles. The van der Waals surface area contributed by atoms with Crippen LogP contribution in [0.15, 0.2) is 21.1 Å². The van der Waals surface area contributed by atoms with Crippen molar-refractivity contribution in [2.24, 2.45) is 0 Å². The summed E-state index contributed by atoms with van der Waals surface area (Å²) in [7, 11) is 0. The number of ether oxygens (including phenoxy) is 2. The molecule has 2 aliphatic heterocycles. The second-order valence-electron chi connectivity index (χ2n) is 7.81. The topological polar surface area (TPSA) is 64.8 Å². The highest BCUT2D eigenvalue weighted by Crippen LogP contribution is 2.44. The third-order valence-electron chi connectivity index (χ3n) is 4.57. The molecule has 8 heteroatoms. The summed E-state index contributed by atoms with van der Waals surface area (Å²) < 4.78 is 18.0. The number of amides is 1. The number of carbonyl (C=O) groups excluding carboxylic acids is 1. The highest BCUT2D eigenvalue weighted by atomic mass is 79.9. The Morgan fingerprint density at radius 2 is 2.19 bits per heavy atom. The van der Waals surface area contributed by atoms with Crippen LogP contribution in [0.1, 0.15) is 49.5 Å². The van der Waals surface area contributed by atoms with E-state index in [4.69, 9.17) is 25.6 Å². The van der Waals surface area contributed by atoms with Crippen molar-refractivity contribution in [3.63, 3.8) is 0 Å². The normalized spacial score (nSPS) is 18.7. The number of fused-ring (bicyclic) bond motifs is 2. The Morgan fingerprint density at radius 1 is 1.41 bits per heavy atom. The molecule has 4 rings (SSSR count). The minimum absolute atomic E-state index is 0.237. The van der Waals surface area contributed by atoms with Crippen LogP contribution in [-0.2, 0) is 24.1 Å². The first-order valence-electron chi connectivity index (χ1n) is 8.81. The largest absolute Gasteiger partial charge is 0.481 e. The second-order valence-corrected chi connectivity index (χ2v) is 9.10. The lowest BCUT2D eigenvalue weighted by molar-refractivity contribution is 0.0220. The quantitative estimate of drug-likeness (QED) is 0.601. The van der Waals surface area contributed by atoms with Crippen LogP contribution >= 0.6 is 27.5 Å². The highest BCUT2D eigenvalue weighted by molar-refractivity contribution is 9.10. The predicted molar refractivity (Wildman–Crippen MR) is 103 cm³/mol. The molecule has 6 nitrogen and oxygen atoms in total. The van der Waals surface area contributed by atoms with Crippen LogP contribution < -0.4 is 4.74 Å². The average Bonchev–Trinajstić information content (AvgIpc) is 3.16. The van der Waals surface area contributed by atoms with Crippen molar-refractivity contribution in [3.8, 4) is 5.75 Å². The standard InChI is InChI=1S/C19H20BrClN2O4/c1-19(2,3)26-18(24)23-5-4-12-14(9-23)22-27-17(12)15-7-10-6-11(21)8-13(20)16(10)25-15/h6,8,15H,4-5,7,9H2,1-3H3. The zero-order valence-electron chi connectivity index (χ0n) is 15.3. The molecule has 2 aromatic rings. The number of hydrogen-bond donors (Lipinski definition) is 0. The van der Waals surface area contributed by atoms with E-state index < -0.39 is 5.60 Å². The third kappa shape index (κ3) is 3.67. The Labute approximate surface area is 170 Å². The molecule has 1 unspecified atom stereocenters. The van der Waals surface area contributed by atoms with Crippen molar-refractivity contribution >= 4 is 33.6 Å². The van der Waals surface area contributed by atoms with Crippen LogP contribution in [0.2, 0.25) is 5.02 Å². The van der Waals surface area contributed by atoms with Crippen molar-refractivity contribution in [2.45, 2.75) is 51.9 Å². The summed E-state index contributed by atoms with van der Waals surface area (Å²) in [4.78, 5) is 14.0. The smallest absolute Gasteiger partial charge is 0.410 e. The Balaban J connectivity index is 1.52. The van der Waals surface area contributed by atoms with Gasteiger partial charge in [0.05, 0.1) is 11.0 Å². The molecule has 0 bridgehead atoms. The van der Waals surface area contributed by atoms with Crippen molar-refractivity contribution in [1.29, 1.82) is 0 Å². The second kappa shape index (κ2) is 6.71. The van der Waals surface area contributed by atoms with Crippen LogP contribution in [0.5, 0.6) is 5.75 Å². The predicted octanol–water partition coefficient (Wildman–Crippen LogP) is 5.06. The van der Waals surface area contributed by atoms with Crippen molar-refractivity contribution in [3.05, 3.63) is 44.2 Å². The molecule has 0 saturated heterocycles. The molecule has 0 spiro atoms. The van der Waals surface area contributed by atoms with E-state index in [2.05, 4.69) is 21.1 Å². The van der Waals surface area contributed by atoms with Gasteiger partial charge in [0, 0.05) is 29.1 Å². The van der Waals surface area contributed by atoms with Gasteiger partial charge in [-0.1, -0.05) is 16.8 Å². The molecule has 0 aliphatic carbocycles. The molecule has 1 aromatic carbocycles. The van der Waals surface area contributed by atoms with E-state index in [0.29, 0.717) is 31.0 Å². The van der Waals surface area contributed by atoms with Crippen LogP contribution in [0.25, 0.3) is 0 Å². The van der Waals surface area contributed by atoms with Gasteiger partial charge in [-0.05, 0) is 55.3 Å². The van der Waals surface area contributed by atoms with Crippen LogP contribution in [0.4, 0.5) is 4.79 Å². The van der Waals surface area contributed by atoms with Crippen molar-refractivity contribution in [2.75, 3.05) is 6.54 Å². The summed E-state index contributed by atoms with van der Waals surface area (Å²) >= 11 is 9.64. The van der Waals surface area contributed by atoms with Gasteiger partial charge in [0.1, 0.15) is 17.0 Å². The van der Waals surface area contributed by atoms with Gasteiger partial charge in [0.2, 0.25) is 0 Å². The van der Waals surface area contributed by atoms with Gasteiger partial charge in [-0.15, -0.1) is 0 Å². The van der Waals surface area contributed by atoms with Gasteiger partial charge in [-0.2, -0.15) is 0 Å². The molecule has 0 radical (unpaired) electrons. The van der Waals surface area contributed by atoms with E-state index in [0.717, 1.165) is 32.8 Å². The maximum Gasteiger partial charge on any atom is 0.410 e. The van der Waals surface area contributed by atoms with Crippen LogP contribution in [-0.4, -0.2) is 28.3 Å². The lowest BCUT2D eigenvalue weighted by Crippen LogP contribution is -2.40. The van der Waals surface area contributed by atoms with E-state index in [1.807, 2.05) is 32.9 Å². The maximum atomic E-state index is 12.3. The van der Waals surface area contributed by atoms with E-state index in [1.54, 1.807) is 4.90 Å². The molecular formula is C19H20BrClN2O4. The van der Waals surface area contributed by atoms with Gasteiger partial charge in [0.15, 0.2) is 11.9 Å². The fraction of sp³-hybridized carbons (Fsp3) is 0.474. The van der Waals surface area contributed by atoms with E-state index in [9.17, 15) is 4.79 Å². The molecule has 27 heavy (non-hydrogen) atoms. The van der Waals surface area contributed by atoms with Crippen molar-refractivity contribution < 1.29 is 18.8 Å². The van der Waals surface area contributed by atoms with E-state index in [1.165, 1.54) is 0 Å². The minimum atomic E-state index is -0.523. The summed E-state index contributed by atoms with van der Waals surface area (Å²) in [6, 6.07) is 3.73. The number of rotatable bonds is 1. The average molecular weight is 456 g/mol. The summed E-state index contributed by atoms with van der Waals surface area (Å²) in [5.41, 5.74) is 2.30. The first-order valence-corrected chi connectivity index (χ1v) is 9.98. The van der Waals surface area contributed by atoms with Gasteiger partial charge in [-0.3, -0.25) is 0 Å². The Morgan fingerprint density at radius 3 is 2.93 bits per heavy atom. The van der Waals surface area contributed by atoms with Crippen molar-refractivity contribution in [1.82, 2.24) is 10.1 Å². The number of halogens is 2. The van der Waals surface area contributed by atoms with Gasteiger partial charge in [0.25, 0.3) is 0 Å². The minimum Gasteiger partial charge on any atom is -0.481 e. The zero-order valence-corrected chi connectivity index (χ0v) is 17.7. The number of hydrogen-bond acceptors (Lipinski definition) is 5. The Bertz CT molecular complexity index is 906. The first-order chi connectivity index (χ1) is 12.7. The lowest BCUT2D eigenvalue weighted by Gasteiger charge is -2.29. The zero-order chi connectivity index (χ0) is 19.3. The Hall–Kier alpha value is -1.73. The SMILES string of the molecule is CC(C)(C)OC(=O)N1CCc2c(noc2C2Cc3cc(Cl)cc(Br)c3O2)C1. The monoisotopic (exact) mass is 454 g/mol. The fourth-order valence-electron chi connectivity index (χ4n) is 3.42. The number of aromatic nitrogens is 1.